The summed E-state index contributed by atoms with van der Waals surface area (Å²) < 4.78 is 44.5. The number of nitrogens with zero attached hydrogens (tertiary/aromatic N) is 1. The molecule has 1 heterocycles. The van der Waals surface area contributed by atoms with Crippen LogP contribution < -0.4 is 4.74 Å². The van der Waals surface area contributed by atoms with Crippen LogP contribution >= 0.6 is 0 Å². The smallest absolute Gasteiger partial charge is 0.420 e. The fourth-order valence-electron chi connectivity index (χ4n) is 2.42. The van der Waals surface area contributed by atoms with Crippen LogP contribution in [0.3, 0.4) is 0 Å². The molecule has 0 aliphatic carbocycles. The molecule has 23 heavy (non-hydrogen) atoms. The first-order valence-corrected chi connectivity index (χ1v) is 6.85. The highest BCUT2D eigenvalue weighted by molar-refractivity contribution is 5.83. The zero-order chi connectivity index (χ0) is 16.4. The van der Waals surface area contributed by atoms with E-state index in [0.29, 0.717) is 16.9 Å². The van der Waals surface area contributed by atoms with Crippen LogP contribution in [-0.2, 0) is 6.18 Å². The van der Waals surface area contributed by atoms with Gasteiger partial charge in [0.2, 0.25) is 0 Å². The number of hydrogen-bond donors (Lipinski definition) is 1. The van der Waals surface area contributed by atoms with Gasteiger partial charge in [-0.05, 0) is 23.3 Å². The van der Waals surface area contributed by atoms with Crippen molar-refractivity contribution in [3.8, 4) is 28.1 Å². The topological polar surface area (TPSA) is 37.9 Å². The number of methoxy groups -OCH3 is 1. The van der Waals surface area contributed by atoms with Gasteiger partial charge in [0, 0.05) is 11.8 Å². The van der Waals surface area contributed by atoms with Crippen molar-refractivity contribution < 1.29 is 17.9 Å². The molecule has 0 aliphatic heterocycles. The maximum absolute atomic E-state index is 13.1. The van der Waals surface area contributed by atoms with Gasteiger partial charge in [-0.25, -0.2) is 0 Å². The Balaban J connectivity index is 2.13. The Morgan fingerprint density at radius 2 is 1.61 bits per heavy atom. The SMILES string of the molecule is COc1ccc(-c2ccccc2-c2n[nH]cc2C(F)(F)F)cc1. The van der Waals surface area contributed by atoms with Crippen LogP contribution in [0, 0.1) is 0 Å². The third-order valence-corrected chi connectivity index (χ3v) is 3.53. The molecule has 0 aliphatic rings. The molecule has 0 amide bonds. The minimum atomic E-state index is -4.46. The number of ether oxygens (including phenoxy) is 1. The maximum Gasteiger partial charge on any atom is 0.420 e. The molecule has 1 aromatic heterocycles. The Morgan fingerprint density at radius 3 is 2.22 bits per heavy atom. The lowest BCUT2D eigenvalue weighted by molar-refractivity contribution is -0.137. The molecule has 118 valence electrons. The number of nitrogens with one attached hydrogen (secondary N) is 1. The summed E-state index contributed by atoms with van der Waals surface area (Å²) in [6.07, 6.45) is -3.59. The third-order valence-electron chi connectivity index (χ3n) is 3.53. The zero-order valence-electron chi connectivity index (χ0n) is 12.2. The summed E-state index contributed by atoms with van der Waals surface area (Å²) >= 11 is 0. The molecule has 3 aromatic rings. The van der Waals surface area contributed by atoms with E-state index in [9.17, 15) is 13.2 Å². The molecule has 1 N–H and O–H groups in total. The minimum absolute atomic E-state index is 0.107. The molecule has 6 heteroatoms. The standard InChI is InChI=1S/C17H13F3N2O/c1-23-12-8-6-11(7-9-12)13-4-2-3-5-14(13)16-15(10-21-22-16)17(18,19)20/h2-10H,1H3,(H,21,22). The van der Waals surface area contributed by atoms with Crippen molar-refractivity contribution in [2.75, 3.05) is 7.11 Å². The molecule has 0 atom stereocenters. The molecule has 0 saturated carbocycles. The average Bonchev–Trinajstić information content (AvgIpc) is 3.05. The van der Waals surface area contributed by atoms with Crippen molar-refractivity contribution in [1.29, 1.82) is 0 Å². The zero-order valence-corrected chi connectivity index (χ0v) is 12.2. The summed E-state index contributed by atoms with van der Waals surface area (Å²) in [7, 11) is 1.56. The summed E-state index contributed by atoms with van der Waals surface area (Å²) in [4.78, 5) is 0. The largest absolute Gasteiger partial charge is 0.497 e. The molecule has 3 rings (SSSR count). The van der Waals surface area contributed by atoms with E-state index in [2.05, 4.69) is 10.2 Å². The van der Waals surface area contributed by atoms with Gasteiger partial charge in [-0.2, -0.15) is 18.3 Å². The molecule has 0 bridgehead atoms. The first kappa shape index (κ1) is 15.1. The van der Waals surface area contributed by atoms with Crippen molar-refractivity contribution >= 4 is 0 Å². The number of hydrogen-bond acceptors (Lipinski definition) is 2. The van der Waals surface area contributed by atoms with Crippen molar-refractivity contribution in [1.82, 2.24) is 10.2 Å². The first-order chi connectivity index (χ1) is 11.0. The fourth-order valence-corrected chi connectivity index (χ4v) is 2.42. The molecule has 0 unspecified atom stereocenters. The van der Waals surface area contributed by atoms with Crippen molar-refractivity contribution in [2.24, 2.45) is 0 Å². The van der Waals surface area contributed by atoms with Crippen LogP contribution in [0.1, 0.15) is 5.56 Å². The van der Waals surface area contributed by atoms with Gasteiger partial charge in [0.25, 0.3) is 0 Å². The van der Waals surface area contributed by atoms with Crippen molar-refractivity contribution in [3.05, 3.63) is 60.3 Å². The predicted molar refractivity (Wildman–Crippen MR) is 81.0 cm³/mol. The minimum Gasteiger partial charge on any atom is -0.497 e. The number of alkyl halides is 3. The summed E-state index contributed by atoms with van der Waals surface area (Å²) in [6, 6.07) is 14.0. The highest BCUT2D eigenvalue weighted by Gasteiger charge is 2.36. The van der Waals surface area contributed by atoms with Crippen molar-refractivity contribution in [3.63, 3.8) is 0 Å². The normalized spacial score (nSPS) is 11.5. The molecule has 0 radical (unpaired) electrons. The fraction of sp³-hybridized carbons (Fsp3) is 0.118. The van der Waals surface area contributed by atoms with Crippen LogP contribution in [0.2, 0.25) is 0 Å². The number of halogens is 3. The molecule has 2 aromatic carbocycles. The Kier molecular flexibility index (Phi) is 3.82. The summed E-state index contributed by atoms with van der Waals surface area (Å²) in [6.45, 7) is 0. The monoisotopic (exact) mass is 318 g/mol. The maximum atomic E-state index is 13.1. The second kappa shape index (κ2) is 5.79. The molecule has 0 spiro atoms. The number of rotatable bonds is 3. The van der Waals surface area contributed by atoms with Gasteiger partial charge in [0.15, 0.2) is 0 Å². The Morgan fingerprint density at radius 1 is 0.957 bits per heavy atom. The Bertz CT molecular complexity index is 807. The van der Waals surface area contributed by atoms with Gasteiger partial charge in [-0.1, -0.05) is 36.4 Å². The van der Waals surface area contributed by atoms with Gasteiger partial charge < -0.3 is 4.74 Å². The van der Waals surface area contributed by atoms with Gasteiger partial charge in [-0.3, -0.25) is 5.10 Å². The van der Waals surface area contributed by atoms with Crippen LogP contribution in [0.15, 0.2) is 54.7 Å². The highest BCUT2D eigenvalue weighted by Crippen LogP contribution is 2.39. The van der Waals surface area contributed by atoms with E-state index in [-0.39, 0.29) is 5.69 Å². The van der Waals surface area contributed by atoms with Crippen LogP contribution in [0.5, 0.6) is 5.75 Å². The van der Waals surface area contributed by atoms with Crippen LogP contribution in [0.4, 0.5) is 13.2 Å². The quantitative estimate of drug-likeness (QED) is 0.755. The molecule has 3 nitrogen and oxygen atoms in total. The highest BCUT2D eigenvalue weighted by atomic mass is 19.4. The van der Waals surface area contributed by atoms with Crippen LogP contribution in [0.25, 0.3) is 22.4 Å². The third kappa shape index (κ3) is 2.92. The number of aromatic amines is 1. The predicted octanol–water partition coefficient (Wildman–Crippen LogP) is 4.77. The van der Waals surface area contributed by atoms with E-state index < -0.39 is 11.7 Å². The Labute approximate surface area is 130 Å². The average molecular weight is 318 g/mol. The van der Waals surface area contributed by atoms with Gasteiger partial charge in [-0.15, -0.1) is 0 Å². The van der Waals surface area contributed by atoms with Crippen LogP contribution in [-0.4, -0.2) is 17.3 Å². The number of benzene rings is 2. The van der Waals surface area contributed by atoms with E-state index in [1.54, 1.807) is 55.6 Å². The summed E-state index contributed by atoms with van der Waals surface area (Å²) in [5.41, 5.74) is 0.999. The van der Waals surface area contributed by atoms with E-state index in [1.807, 2.05) is 0 Å². The van der Waals surface area contributed by atoms with Gasteiger partial charge >= 0.3 is 6.18 Å². The van der Waals surface area contributed by atoms with Gasteiger partial charge in [0.05, 0.1) is 7.11 Å². The second-order valence-corrected chi connectivity index (χ2v) is 4.92. The first-order valence-electron chi connectivity index (χ1n) is 6.85. The van der Waals surface area contributed by atoms with E-state index in [1.165, 1.54) is 0 Å². The number of H-pyrrole nitrogens is 1. The van der Waals surface area contributed by atoms with Crippen molar-refractivity contribution in [2.45, 2.75) is 6.18 Å². The molecular formula is C17H13F3N2O. The second-order valence-electron chi connectivity index (χ2n) is 4.92. The molecule has 0 fully saturated rings. The van der Waals surface area contributed by atoms with Gasteiger partial charge in [0.1, 0.15) is 17.0 Å². The number of aromatic nitrogens is 2. The Hall–Kier alpha value is -2.76. The lowest BCUT2D eigenvalue weighted by Crippen LogP contribution is -2.05. The molecular weight excluding hydrogens is 305 g/mol. The lowest BCUT2D eigenvalue weighted by atomic mass is 9.96. The summed E-state index contributed by atoms with van der Waals surface area (Å²) in [5.74, 6) is 0.682. The lowest BCUT2D eigenvalue weighted by Gasteiger charge is -2.11. The summed E-state index contributed by atoms with van der Waals surface area (Å²) in [5, 5.41) is 6.11. The van der Waals surface area contributed by atoms with E-state index in [0.717, 1.165) is 11.8 Å². The van der Waals surface area contributed by atoms with E-state index >= 15 is 0 Å². The molecule has 0 saturated heterocycles. The van der Waals surface area contributed by atoms with E-state index in [4.69, 9.17) is 4.74 Å².